The van der Waals surface area contributed by atoms with Gasteiger partial charge in [0, 0.05) is 60.7 Å². The van der Waals surface area contributed by atoms with E-state index >= 15 is 0 Å². The van der Waals surface area contributed by atoms with Gasteiger partial charge in [0.2, 0.25) is 0 Å². The summed E-state index contributed by atoms with van der Waals surface area (Å²) >= 11 is 10.3. The number of Topliss-reactive ketones (excluding diaryl/α,β-unsaturated/α-hetero) is 1. The first-order valence-corrected chi connectivity index (χ1v) is 11.8. The second-order valence-corrected chi connectivity index (χ2v) is 9.56. The second kappa shape index (κ2) is 10.5. The quantitative estimate of drug-likeness (QED) is 0.248. The molecule has 1 saturated heterocycles. The zero-order chi connectivity index (χ0) is 24.0. The molecule has 1 amide bonds. The van der Waals surface area contributed by atoms with E-state index < -0.39 is 0 Å². The van der Waals surface area contributed by atoms with Crippen LogP contribution in [0.2, 0.25) is 0 Å². The molecule has 0 spiro atoms. The van der Waals surface area contributed by atoms with Gasteiger partial charge in [-0.1, -0.05) is 24.3 Å². The fourth-order valence-corrected chi connectivity index (χ4v) is 5.09. The zero-order valence-corrected chi connectivity index (χ0v) is 22.2. The zero-order valence-electron chi connectivity index (χ0n) is 18.4. The Balaban J connectivity index is 0.00000289. The van der Waals surface area contributed by atoms with Crippen LogP contribution in [0.4, 0.5) is 11.4 Å². The molecule has 0 unspecified atom stereocenters. The van der Waals surface area contributed by atoms with Crippen molar-refractivity contribution in [2.75, 3.05) is 36.3 Å². The van der Waals surface area contributed by atoms with E-state index in [1.807, 2.05) is 24.3 Å². The Bertz CT molecular complexity index is 1210. The van der Waals surface area contributed by atoms with Crippen molar-refractivity contribution in [3.8, 4) is 0 Å². The van der Waals surface area contributed by atoms with Gasteiger partial charge in [0.05, 0.1) is 22.5 Å². The van der Waals surface area contributed by atoms with E-state index in [2.05, 4.69) is 15.1 Å². The molecule has 0 bridgehead atoms. The third-order valence-corrected chi connectivity index (χ3v) is 7.06. The normalized spacial score (nSPS) is 18.3. The van der Waals surface area contributed by atoms with Crippen LogP contribution in [-0.2, 0) is 57.2 Å². The minimum atomic E-state index is -0.302. The molecule has 3 aliphatic rings. The maximum Gasteiger partial charge on any atom is 0.256 e. The number of nitrogens with zero attached hydrogens (tertiary/aromatic N) is 3. The van der Waals surface area contributed by atoms with Crippen molar-refractivity contribution >= 4 is 59.6 Å². The molecule has 35 heavy (non-hydrogen) atoms. The van der Waals surface area contributed by atoms with Crippen molar-refractivity contribution in [3.63, 3.8) is 0 Å². The molecule has 2 aliphatic heterocycles. The first-order valence-electron chi connectivity index (χ1n) is 10.8. The average molecular weight is 692 g/mol. The fraction of sp³-hybridized carbons (Fsp3) is 0.250. The maximum atomic E-state index is 12.9. The number of fused-ring (bicyclic) bond motifs is 1. The number of ketones is 1. The Labute approximate surface area is 229 Å². The van der Waals surface area contributed by atoms with Crippen molar-refractivity contribution in [3.05, 3.63) is 70.8 Å². The molecule has 5 rings (SSSR count). The number of hydrogen-bond donors (Lipinski definition) is 3. The molecule has 3 N–H and O–H groups in total. The predicted octanol–water partition coefficient (Wildman–Crippen LogP) is 2.04. The van der Waals surface area contributed by atoms with Crippen LogP contribution in [0.1, 0.15) is 17.5 Å². The first-order chi connectivity index (χ1) is 16.3. The summed E-state index contributed by atoms with van der Waals surface area (Å²) in [6.45, 7) is 3.33. The summed E-state index contributed by atoms with van der Waals surface area (Å²) in [5.41, 5.74) is 4.69. The van der Waals surface area contributed by atoms with Crippen LogP contribution in [0.3, 0.4) is 0 Å². The number of carbonyl (C=O) groups excluding carboxylic acids is 2. The SMILES string of the molecule is O=C1CC(c2ccc(N(O)O)cc2)=C2C(=O)NC(c3ccc(N4CCN(C([S-])[S-])CC4)cc3)=C12.[Au]. The van der Waals surface area contributed by atoms with Gasteiger partial charge in [-0.05, 0) is 41.0 Å². The molecular formula is C24H22AuN4O4S2-2. The Hall–Kier alpha value is -2.02. The second-order valence-electron chi connectivity index (χ2n) is 8.37. The molecule has 2 heterocycles. The topological polar surface area (TPSA) is 96.3 Å². The molecule has 0 aromatic heterocycles. The van der Waals surface area contributed by atoms with Crippen LogP contribution in [0.15, 0.2) is 59.7 Å². The van der Waals surface area contributed by atoms with Crippen LogP contribution in [0, 0.1) is 0 Å². The van der Waals surface area contributed by atoms with Crippen LogP contribution >= 0.6 is 0 Å². The van der Waals surface area contributed by atoms with Gasteiger partial charge in [0.1, 0.15) is 0 Å². The molecule has 0 saturated carbocycles. The predicted molar refractivity (Wildman–Crippen MR) is 133 cm³/mol. The summed E-state index contributed by atoms with van der Waals surface area (Å²) in [4.78, 5) is 30.2. The third kappa shape index (κ3) is 4.98. The van der Waals surface area contributed by atoms with Crippen LogP contribution < -0.4 is 15.4 Å². The minimum absolute atomic E-state index is 0. The number of piperazine rings is 1. The van der Waals surface area contributed by atoms with Crippen molar-refractivity contribution in [2.45, 2.75) is 11.1 Å². The van der Waals surface area contributed by atoms with Gasteiger partial charge in [-0.25, -0.2) is 4.71 Å². The number of carbonyl (C=O) groups is 2. The van der Waals surface area contributed by atoms with Crippen molar-refractivity contribution in [1.82, 2.24) is 10.2 Å². The summed E-state index contributed by atoms with van der Waals surface area (Å²) in [5, 5.41) is 21.2. The number of amides is 1. The summed E-state index contributed by atoms with van der Waals surface area (Å²) in [6.07, 6.45) is 0.123. The third-order valence-electron chi connectivity index (χ3n) is 6.46. The van der Waals surface area contributed by atoms with Crippen molar-refractivity contribution < 1.29 is 42.4 Å². The fourth-order valence-electron chi connectivity index (χ4n) is 4.67. The Kier molecular flexibility index (Phi) is 7.84. The summed E-state index contributed by atoms with van der Waals surface area (Å²) in [5.74, 6) is -0.417. The Morgan fingerprint density at radius 1 is 0.857 bits per heavy atom. The standard InChI is InChI=1S/C24H24N4O4S2.Au/c29-19-13-18(14-1-7-17(8-2-14)28(31)32)20-21(19)22(25-23(20)30)15-3-5-16(6-4-15)26-9-11-27(12-10-26)24(33)34;/h1-8,24,31-34H,9-13H2,(H,25,30);/p-2. The number of hydrogen-bond acceptors (Lipinski definition) is 9. The van der Waals surface area contributed by atoms with E-state index in [0.717, 1.165) is 37.4 Å². The molecule has 8 nitrogen and oxygen atoms in total. The van der Waals surface area contributed by atoms with Gasteiger partial charge in [-0.15, -0.1) is 5.23 Å². The average Bonchev–Trinajstić information content (AvgIpc) is 3.37. The monoisotopic (exact) mass is 691 g/mol. The molecule has 1 radical (unpaired) electrons. The Morgan fingerprint density at radius 2 is 1.46 bits per heavy atom. The Morgan fingerprint density at radius 3 is 2.03 bits per heavy atom. The van der Waals surface area contributed by atoms with E-state index in [1.54, 1.807) is 12.1 Å². The van der Waals surface area contributed by atoms with Crippen LogP contribution in [-0.4, -0.2) is 57.9 Å². The maximum absolute atomic E-state index is 12.9. The smallest absolute Gasteiger partial charge is 0.256 e. The van der Waals surface area contributed by atoms with Crippen LogP contribution in [0.25, 0.3) is 11.3 Å². The van der Waals surface area contributed by atoms with Gasteiger partial charge in [0.15, 0.2) is 5.78 Å². The molecule has 1 fully saturated rings. The van der Waals surface area contributed by atoms with E-state index in [-0.39, 0.29) is 56.1 Å². The largest absolute Gasteiger partial charge is 0.800 e. The molecular weight excluding hydrogens is 669 g/mol. The van der Waals surface area contributed by atoms with Gasteiger partial charge in [0.25, 0.3) is 5.91 Å². The van der Waals surface area contributed by atoms with Gasteiger partial charge < -0.3 is 40.4 Å². The van der Waals surface area contributed by atoms with E-state index in [4.69, 9.17) is 35.7 Å². The summed E-state index contributed by atoms with van der Waals surface area (Å²) in [6, 6.07) is 14.2. The van der Waals surface area contributed by atoms with E-state index in [9.17, 15) is 9.59 Å². The first kappa shape index (κ1) is 26.1. The summed E-state index contributed by atoms with van der Waals surface area (Å²) < 4.78 is -0.281. The number of nitrogens with one attached hydrogen (secondary N) is 1. The van der Waals surface area contributed by atoms with Crippen molar-refractivity contribution in [1.29, 1.82) is 0 Å². The number of anilines is 2. The van der Waals surface area contributed by atoms with Crippen molar-refractivity contribution in [2.24, 2.45) is 0 Å². The number of benzene rings is 2. The van der Waals surface area contributed by atoms with E-state index in [0.29, 0.717) is 28.0 Å². The molecule has 11 heteroatoms. The van der Waals surface area contributed by atoms with Gasteiger partial charge >= 0.3 is 0 Å². The summed E-state index contributed by atoms with van der Waals surface area (Å²) in [7, 11) is 0. The van der Waals surface area contributed by atoms with Gasteiger partial charge in [-0.3, -0.25) is 20.0 Å². The number of allylic oxidation sites excluding steroid dienone is 1. The van der Waals surface area contributed by atoms with Crippen LogP contribution in [0.5, 0.6) is 0 Å². The molecule has 2 aromatic carbocycles. The van der Waals surface area contributed by atoms with Gasteiger partial charge in [-0.2, -0.15) is 0 Å². The molecule has 0 atom stereocenters. The molecule has 187 valence electrons. The molecule has 2 aromatic rings. The number of rotatable bonds is 5. The minimum Gasteiger partial charge on any atom is -0.800 e. The van der Waals surface area contributed by atoms with E-state index in [1.165, 1.54) is 12.1 Å². The molecule has 1 aliphatic carbocycles.